The molecule has 4 rings (SSSR count). The lowest BCUT2D eigenvalue weighted by atomic mass is 9.94. The molecule has 3 aromatic rings. The summed E-state index contributed by atoms with van der Waals surface area (Å²) in [6.45, 7) is 0.864. The molecule has 0 N–H and O–H groups in total. The SMILES string of the molecule is C(=C\c1ccccc1)/C1=NN(c2ccccc2)C[C@H]1c1ccccc1. The van der Waals surface area contributed by atoms with E-state index in [-0.39, 0.29) is 5.92 Å². The second-order valence-electron chi connectivity index (χ2n) is 6.15. The predicted octanol–water partition coefficient (Wildman–Crippen LogP) is 5.36. The molecule has 0 bridgehead atoms. The van der Waals surface area contributed by atoms with E-state index in [0.717, 1.165) is 17.9 Å². The number of para-hydroxylation sites is 1. The van der Waals surface area contributed by atoms with E-state index in [1.54, 1.807) is 0 Å². The second-order valence-corrected chi connectivity index (χ2v) is 6.15. The number of hydrogen-bond acceptors (Lipinski definition) is 2. The zero-order valence-corrected chi connectivity index (χ0v) is 14.0. The summed E-state index contributed by atoms with van der Waals surface area (Å²) in [5.41, 5.74) is 4.72. The summed E-state index contributed by atoms with van der Waals surface area (Å²) >= 11 is 0. The minimum absolute atomic E-state index is 0.279. The highest BCUT2D eigenvalue weighted by molar-refractivity contribution is 6.05. The van der Waals surface area contributed by atoms with E-state index in [1.807, 2.05) is 12.1 Å². The standard InChI is InChI=1S/C23H20N2/c1-4-10-19(11-5-1)16-17-23-22(20-12-6-2-7-13-20)18-25(24-23)21-14-8-3-9-15-21/h1-17,22H,18H2/b17-16+/t22-/m0/s1. The first-order valence-electron chi connectivity index (χ1n) is 8.59. The smallest absolute Gasteiger partial charge is 0.0703 e. The summed E-state index contributed by atoms with van der Waals surface area (Å²) in [5, 5.41) is 6.99. The van der Waals surface area contributed by atoms with Crippen LogP contribution in [0.3, 0.4) is 0 Å². The lowest BCUT2D eigenvalue weighted by Crippen LogP contribution is -2.17. The second kappa shape index (κ2) is 7.18. The van der Waals surface area contributed by atoms with Crippen molar-refractivity contribution in [1.29, 1.82) is 0 Å². The van der Waals surface area contributed by atoms with Gasteiger partial charge in [0.2, 0.25) is 0 Å². The molecule has 0 saturated heterocycles. The van der Waals surface area contributed by atoms with Crippen molar-refractivity contribution in [2.45, 2.75) is 5.92 Å². The summed E-state index contributed by atoms with van der Waals surface area (Å²) in [6.07, 6.45) is 4.29. The Balaban J connectivity index is 1.66. The highest BCUT2D eigenvalue weighted by Crippen LogP contribution is 2.29. The number of benzene rings is 3. The van der Waals surface area contributed by atoms with Crippen LogP contribution in [0.15, 0.2) is 102 Å². The largest absolute Gasteiger partial charge is 0.264 e. The Labute approximate surface area is 148 Å². The Morgan fingerprint density at radius 3 is 2.00 bits per heavy atom. The number of nitrogens with zero attached hydrogens (tertiary/aromatic N) is 2. The molecule has 0 fully saturated rings. The lowest BCUT2D eigenvalue weighted by Gasteiger charge is -2.16. The van der Waals surface area contributed by atoms with E-state index >= 15 is 0 Å². The third-order valence-electron chi connectivity index (χ3n) is 4.45. The van der Waals surface area contributed by atoms with Crippen molar-refractivity contribution in [3.8, 4) is 0 Å². The molecule has 0 aliphatic carbocycles. The van der Waals surface area contributed by atoms with Gasteiger partial charge in [-0.1, -0.05) is 84.9 Å². The fraction of sp³-hybridized carbons (Fsp3) is 0.0870. The number of allylic oxidation sites excluding steroid dienone is 1. The fourth-order valence-electron chi connectivity index (χ4n) is 3.14. The summed E-state index contributed by atoms with van der Waals surface area (Å²) in [5.74, 6) is 0.279. The van der Waals surface area contributed by atoms with Gasteiger partial charge in [0.25, 0.3) is 0 Å². The summed E-state index contributed by atoms with van der Waals surface area (Å²) in [7, 11) is 0. The number of hydrogen-bond donors (Lipinski definition) is 0. The Hall–Kier alpha value is -3.13. The Morgan fingerprint density at radius 2 is 1.32 bits per heavy atom. The molecule has 1 atom stereocenters. The molecule has 3 aromatic carbocycles. The van der Waals surface area contributed by atoms with Crippen LogP contribution in [0.4, 0.5) is 5.69 Å². The van der Waals surface area contributed by atoms with Crippen molar-refractivity contribution in [1.82, 2.24) is 0 Å². The number of rotatable bonds is 4. The molecule has 1 aliphatic heterocycles. The zero-order valence-electron chi connectivity index (χ0n) is 14.0. The van der Waals surface area contributed by atoms with Gasteiger partial charge in [-0.25, -0.2) is 0 Å². The van der Waals surface area contributed by atoms with Crippen LogP contribution in [0.2, 0.25) is 0 Å². The fourth-order valence-corrected chi connectivity index (χ4v) is 3.14. The summed E-state index contributed by atoms with van der Waals surface area (Å²) < 4.78 is 0. The van der Waals surface area contributed by atoms with Crippen molar-refractivity contribution >= 4 is 17.5 Å². The molecule has 0 unspecified atom stereocenters. The van der Waals surface area contributed by atoms with Gasteiger partial charge in [-0.3, -0.25) is 5.01 Å². The molecule has 1 aliphatic rings. The molecule has 122 valence electrons. The van der Waals surface area contributed by atoms with Gasteiger partial charge in [-0.05, 0) is 29.3 Å². The topological polar surface area (TPSA) is 15.6 Å². The molecule has 0 spiro atoms. The minimum atomic E-state index is 0.279. The van der Waals surface area contributed by atoms with Crippen LogP contribution in [0, 0.1) is 0 Å². The van der Waals surface area contributed by atoms with Gasteiger partial charge >= 0.3 is 0 Å². The molecule has 25 heavy (non-hydrogen) atoms. The first-order chi connectivity index (χ1) is 12.4. The highest BCUT2D eigenvalue weighted by atomic mass is 15.5. The van der Waals surface area contributed by atoms with Crippen molar-refractivity contribution in [3.63, 3.8) is 0 Å². The predicted molar refractivity (Wildman–Crippen MR) is 106 cm³/mol. The van der Waals surface area contributed by atoms with E-state index in [4.69, 9.17) is 5.10 Å². The van der Waals surface area contributed by atoms with Crippen molar-refractivity contribution in [3.05, 3.63) is 108 Å². The van der Waals surface area contributed by atoms with Crippen LogP contribution in [0.5, 0.6) is 0 Å². The Bertz CT molecular complexity index is 868. The Morgan fingerprint density at radius 1 is 0.720 bits per heavy atom. The highest BCUT2D eigenvalue weighted by Gasteiger charge is 2.27. The quantitative estimate of drug-likeness (QED) is 0.631. The monoisotopic (exact) mass is 324 g/mol. The molecule has 2 nitrogen and oxygen atoms in total. The van der Waals surface area contributed by atoms with Gasteiger partial charge in [-0.15, -0.1) is 0 Å². The van der Waals surface area contributed by atoms with Gasteiger partial charge in [0, 0.05) is 5.92 Å². The molecule has 0 aromatic heterocycles. The average Bonchev–Trinajstić information content (AvgIpc) is 3.13. The average molecular weight is 324 g/mol. The van der Waals surface area contributed by atoms with Crippen LogP contribution in [-0.4, -0.2) is 12.3 Å². The zero-order chi connectivity index (χ0) is 16.9. The lowest BCUT2D eigenvalue weighted by molar-refractivity contribution is 0.851. The van der Waals surface area contributed by atoms with E-state index in [1.165, 1.54) is 11.1 Å². The van der Waals surface area contributed by atoms with Gasteiger partial charge < -0.3 is 0 Å². The maximum absolute atomic E-state index is 4.89. The van der Waals surface area contributed by atoms with E-state index in [2.05, 4.69) is 96.0 Å². The van der Waals surface area contributed by atoms with Gasteiger partial charge in [0.05, 0.1) is 17.9 Å². The first kappa shape index (κ1) is 15.4. The summed E-state index contributed by atoms with van der Waals surface area (Å²) in [4.78, 5) is 0. The van der Waals surface area contributed by atoms with Gasteiger partial charge in [0.1, 0.15) is 0 Å². The normalized spacial score (nSPS) is 17.0. The van der Waals surface area contributed by atoms with Gasteiger partial charge in [0.15, 0.2) is 0 Å². The van der Waals surface area contributed by atoms with Crippen LogP contribution in [-0.2, 0) is 0 Å². The third kappa shape index (κ3) is 3.53. The minimum Gasteiger partial charge on any atom is -0.264 e. The van der Waals surface area contributed by atoms with Gasteiger partial charge in [-0.2, -0.15) is 5.10 Å². The maximum Gasteiger partial charge on any atom is 0.0703 e. The van der Waals surface area contributed by atoms with E-state index < -0.39 is 0 Å². The number of anilines is 1. The van der Waals surface area contributed by atoms with Crippen molar-refractivity contribution in [2.24, 2.45) is 5.10 Å². The number of hydrazone groups is 1. The van der Waals surface area contributed by atoms with E-state index in [0.29, 0.717) is 0 Å². The first-order valence-corrected chi connectivity index (χ1v) is 8.59. The van der Waals surface area contributed by atoms with Crippen LogP contribution >= 0.6 is 0 Å². The van der Waals surface area contributed by atoms with Crippen molar-refractivity contribution < 1.29 is 0 Å². The van der Waals surface area contributed by atoms with Crippen LogP contribution < -0.4 is 5.01 Å². The van der Waals surface area contributed by atoms with Crippen molar-refractivity contribution in [2.75, 3.05) is 11.6 Å². The van der Waals surface area contributed by atoms with Crippen LogP contribution in [0.25, 0.3) is 6.08 Å². The third-order valence-corrected chi connectivity index (χ3v) is 4.45. The van der Waals surface area contributed by atoms with E-state index in [9.17, 15) is 0 Å². The summed E-state index contributed by atoms with van der Waals surface area (Å²) in [6, 6.07) is 31.4. The molecule has 2 heteroatoms. The maximum atomic E-state index is 4.89. The van der Waals surface area contributed by atoms with Crippen LogP contribution in [0.1, 0.15) is 17.0 Å². The molecule has 0 radical (unpaired) electrons. The molecule has 0 saturated carbocycles. The molecular formula is C23H20N2. The molecule has 0 amide bonds. The Kier molecular flexibility index (Phi) is 4.42. The molecular weight excluding hydrogens is 304 g/mol. The molecule has 1 heterocycles.